The molecule has 0 saturated carbocycles. The van der Waals surface area contributed by atoms with Crippen LogP contribution < -0.4 is 10.6 Å². The minimum Gasteiger partial charge on any atom is -0.445 e. The normalized spacial score (nSPS) is 12.7. The zero-order valence-corrected chi connectivity index (χ0v) is 14.1. The number of ether oxygens (including phenoxy) is 1. The lowest BCUT2D eigenvalue weighted by molar-refractivity contribution is 0.0945. The van der Waals surface area contributed by atoms with E-state index in [4.69, 9.17) is 4.74 Å². The van der Waals surface area contributed by atoms with Crippen molar-refractivity contribution in [2.75, 3.05) is 5.32 Å². The molecule has 4 nitrogen and oxygen atoms in total. The van der Waals surface area contributed by atoms with Crippen LogP contribution in [-0.4, -0.2) is 6.09 Å². The highest BCUT2D eigenvalue weighted by Crippen LogP contribution is 2.25. The third kappa shape index (κ3) is 4.60. The summed E-state index contributed by atoms with van der Waals surface area (Å²) in [5, 5.41) is 5.01. The lowest BCUT2D eigenvalue weighted by Gasteiger charge is -2.28. The van der Waals surface area contributed by atoms with E-state index in [1.165, 1.54) is 0 Å². The standard InChI is InChI=1S/C21H19FN2O2/c22-21(18-12-6-2-7-13-18,23-19-14-8-3-9-15-19)24-20(25)26-16-17-10-4-1-5-11-17/h1-15,23H,16H2,(H,24,25). The van der Waals surface area contributed by atoms with E-state index in [0.717, 1.165) is 5.56 Å². The smallest absolute Gasteiger partial charge is 0.411 e. The van der Waals surface area contributed by atoms with Gasteiger partial charge in [-0.05, 0) is 17.7 Å². The Hall–Kier alpha value is -3.34. The number of alkyl carbamates (subject to hydrolysis) is 1. The first-order valence-corrected chi connectivity index (χ1v) is 8.22. The van der Waals surface area contributed by atoms with Crippen LogP contribution in [0.3, 0.4) is 0 Å². The maximum atomic E-state index is 15.7. The molecule has 0 aliphatic carbocycles. The summed E-state index contributed by atoms with van der Waals surface area (Å²) in [7, 11) is 0. The number of rotatable bonds is 6. The highest BCUT2D eigenvalue weighted by atomic mass is 19.1. The van der Waals surface area contributed by atoms with Crippen molar-refractivity contribution in [1.29, 1.82) is 0 Å². The highest BCUT2D eigenvalue weighted by Gasteiger charge is 2.34. The number of halogens is 1. The minimum absolute atomic E-state index is 0.0584. The maximum Gasteiger partial charge on any atom is 0.411 e. The number of hydrogen-bond donors (Lipinski definition) is 2. The van der Waals surface area contributed by atoms with Crippen LogP contribution in [0.25, 0.3) is 0 Å². The van der Waals surface area contributed by atoms with Crippen LogP contribution in [-0.2, 0) is 17.3 Å². The Morgan fingerprint density at radius 1 is 0.846 bits per heavy atom. The molecule has 1 atom stereocenters. The van der Waals surface area contributed by atoms with E-state index in [1.807, 2.05) is 36.4 Å². The van der Waals surface area contributed by atoms with Crippen molar-refractivity contribution in [3.63, 3.8) is 0 Å². The maximum absolute atomic E-state index is 15.7. The highest BCUT2D eigenvalue weighted by molar-refractivity contribution is 5.69. The van der Waals surface area contributed by atoms with Crippen LogP contribution in [0.4, 0.5) is 14.9 Å². The van der Waals surface area contributed by atoms with Gasteiger partial charge in [0.25, 0.3) is 5.92 Å². The van der Waals surface area contributed by atoms with Gasteiger partial charge in [-0.2, -0.15) is 4.39 Å². The van der Waals surface area contributed by atoms with E-state index in [1.54, 1.807) is 54.6 Å². The molecule has 0 aromatic heterocycles. The number of para-hydroxylation sites is 1. The summed E-state index contributed by atoms with van der Waals surface area (Å²) in [4.78, 5) is 12.2. The molecule has 3 aromatic carbocycles. The van der Waals surface area contributed by atoms with E-state index >= 15 is 4.39 Å². The van der Waals surface area contributed by atoms with Gasteiger partial charge in [0.2, 0.25) is 0 Å². The lowest BCUT2D eigenvalue weighted by Crippen LogP contribution is -2.48. The van der Waals surface area contributed by atoms with Gasteiger partial charge in [0, 0.05) is 11.3 Å². The lowest BCUT2D eigenvalue weighted by atomic mass is 10.1. The van der Waals surface area contributed by atoms with Crippen LogP contribution in [0.5, 0.6) is 0 Å². The summed E-state index contributed by atoms with van der Waals surface area (Å²) in [6.45, 7) is 0.0584. The topological polar surface area (TPSA) is 50.4 Å². The minimum atomic E-state index is -2.31. The molecule has 0 aliphatic rings. The number of nitrogens with one attached hydrogen (secondary N) is 2. The second-order valence-electron chi connectivity index (χ2n) is 5.70. The van der Waals surface area contributed by atoms with E-state index in [0.29, 0.717) is 5.69 Å². The molecule has 0 spiro atoms. The molecular weight excluding hydrogens is 331 g/mol. The fraction of sp³-hybridized carbons (Fsp3) is 0.0952. The first kappa shape index (κ1) is 17.5. The molecule has 2 N–H and O–H groups in total. The monoisotopic (exact) mass is 350 g/mol. The number of hydrogen-bond acceptors (Lipinski definition) is 3. The average Bonchev–Trinajstić information content (AvgIpc) is 2.68. The van der Waals surface area contributed by atoms with Gasteiger partial charge in [0.1, 0.15) is 6.61 Å². The van der Waals surface area contributed by atoms with Crippen LogP contribution in [0.2, 0.25) is 0 Å². The number of anilines is 1. The van der Waals surface area contributed by atoms with Crippen molar-refractivity contribution in [2.45, 2.75) is 12.5 Å². The Morgan fingerprint density at radius 2 is 1.38 bits per heavy atom. The molecule has 0 radical (unpaired) electrons. The Bertz CT molecular complexity index is 828. The third-order valence-corrected chi connectivity index (χ3v) is 3.75. The largest absolute Gasteiger partial charge is 0.445 e. The van der Waals surface area contributed by atoms with Crippen molar-refractivity contribution >= 4 is 11.8 Å². The van der Waals surface area contributed by atoms with Crippen molar-refractivity contribution in [3.8, 4) is 0 Å². The zero-order chi connectivity index (χ0) is 18.2. The van der Waals surface area contributed by atoms with Gasteiger partial charge in [-0.1, -0.05) is 78.9 Å². The molecule has 3 rings (SSSR count). The van der Waals surface area contributed by atoms with Crippen molar-refractivity contribution < 1.29 is 13.9 Å². The average molecular weight is 350 g/mol. The Balaban J connectivity index is 1.74. The summed E-state index contributed by atoms with van der Waals surface area (Å²) in [6, 6.07) is 26.4. The molecule has 3 aromatic rings. The number of benzene rings is 3. The number of alkyl halides is 1. The van der Waals surface area contributed by atoms with Crippen LogP contribution >= 0.6 is 0 Å². The Kier molecular flexibility index (Phi) is 5.49. The summed E-state index contributed by atoms with van der Waals surface area (Å²) in [5.41, 5.74) is 1.62. The van der Waals surface area contributed by atoms with Gasteiger partial charge in [0.15, 0.2) is 0 Å². The molecule has 0 saturated heterocycles. The Labute approximate surface area is 151 Å². The third-order valence-electron chi connectivity index (χ3n) is 3.75. The fourth-order valence-electron chi connectivity index (χ4n) is 2.46. The predicted molar refractivity (Wildman–Crippen MR) is 99.1 cm³/mol. The van der Waals surface area contributed by atoms with Gasteiger partial charge >= 0.3 is 6.09 Å². The second kappa shape index (κ2) is 8.16. The quantitative estimate of drug-likeness (QED) is 0.496. The summed E-state index contributed by atoms with van der Waals surface area (Å²) < 4.78 is 20.8. The summed E-state index contributed by atoms with van der Waals surface area (Å²) in [5.74, 6) is -2.31. The molecule has 132 valence electrons. The van der Waals surface area contributed by atoms with E-state index in [-0.39, 0.29) is 12.2 Å². The molecule has 0 aliphatic heterocycles. The summed E-state index contributed by atoms with van der Waals surface area (Å²) >= 11 is 0. The first-order chi connectivity index (χ1) is 12.7. The Morgan fingerprint density at radius 3 is 2.00 bits per heavy atom. The van der Waals surface area contributed by atoms with Crippen LogP contribution in [0.15, 0.2) is 91.0 Å². The van der Waals surface area contributed by atoms with Gasteiger partial charge < -0.3 is 10.1 Å². The zero-order valence-electron chi connectivity index (χ0n) is 14.1. The van der Waals surface area contributed by atoms with E-state index in [9.17, 15) is 4.79 Å². The van der Waals surface area contributed by atoms with Crippen molar-refractivity contribution in [2.24, 2.45) is 0 Å². The second-order valence-corrected chi connectivity index (χ2v) is 5.70. The molecule has 5 heteroatoms. The molecule has 26 heavy (non-hydrogen) atoms. The molecule has 0 heterocycles. The summed E-state index contributed by atoms with van der Waals surface area (Å²) in [6.07, 6.45) is -0.858. The SMILES string of the molecule is O=C(NC(F)(Nc1ccccc1)c1ccccc1)OCc1ccccc1. The van der Waals surface area contributed by atoms with Gasteiger partial charge in [0.05, 0.1) is 0 Å². The molecule has 0 fully saturated rings. The molecule has 1 unspecified atom stereocenters. The molecular formula is C21H19FN2O2. The van der Waals surface area contributed by atoms with Crippen LogP contribution in [0.1, 0.15) is 11.1 Å². The van der Waals surface area contributed by atoms with Gasteiger partial charge in [-0.25, -0.2) is 4.79 Å². The van der Waals surface area contributed by atoms with E-state index in [2.05, 4.69) is 10.6 Å². The van der Waals surface area contributed by atoms with E-state index < -0.39 is 12.0 Å². The number of carbonyl (C=O) groups excluding carboxylic acids is 1. The number of carbonyl (C=O) groups is 1. The molecule has 0 bridgehead atoms. The molecule has 1 amide bonds. The first-order valence-electron chi connectivity index (χ1n) is 8.22. The van der Waals surface area contributed by atoms with Crippen molar-refractivity contribution in [1.82, 2.24) is 5.32 Å². The van der Waals surface area contributed by atoms with Gasteiger partial charge in [-0.15, -0.1) is 0 Å². The van der Waals surface area contributed by atoms with Gasteiger partial charge in [-0.3, -0.25) is 5.32 Å². The fourth-order valence-corrected chi connectivity index (χ4v) is 2.46. The van der Waals surface area contributed by atoms with Crippen molar-refractivity contribution in [3.05, 3.63) is 102 Å². The van der Waals surface area contributed by atoms with Crippen LogP contribution in [0, 0.1) is 0 Å². The number of amides is 1. The predicted octanol–water partition coefficient (Wildman–Crippen LogP) is 4.80.